The predicted octanol–water partition coefficient (Wildman–Crippen LogP) is 4.33. The zero-order valence-corrected chi connectivity index (χ0v) is 15.7. The van der Waals surface area contributed by atoms with E-state index in [4.69, 9.17) is 5.26 Å². The van der Waals surface area contributed by atoms with Crippen LogP contribution in [0.1, 0.15) is 6.92 Å². The van der Waals surface area contributed by atoms with E-state index in [0.717, 1.165) is 5.69 Å². The summed E-state index contributed by atoms with van der Waals surface area (Å²) in [4.78, 5) is 16.5. The lowest BCUT2D eigenvalue weighted by molar-refractivity contribution is -0.384. The Morgan fingerprint density at radius 2 is 2.07 bits per heavy atom. The van der Waals surface area contributed by atoms with Crippen LogP contribution in [-0.2, 0) is 0 Å². The minimum Gasteiger partial charge on any atom is -0.395 e. The maximum Gasteiger partial charge on any atom is 0.270 e. The number of anilines is 1. The molecule has 0 radical (unpaired) electrons. The van der Waals surface area contributed by atoms with E-state index in [1.165, 1.54) is 23.5 Å². The maximum absolute atomic E-state index is 10.9. The van der Waals surface area contributed by atoms with Crippen LogP contribution in [0.25, 0.3) is 10.2 Å². The molecule has 28 heavy (non-hydrogen) atoms. The van der Waals surface area contributed by atoms with E-state index < -0.39 is 4.92 Å². The molecule has 0 saturated heterocycles. The fourth-order valence-electron chi connectivity index (χ4n) is 2.59. The first-order chi connectivity index (χ1) is 13.5. The smallest absolute Gasteiger partial charge is 0.270 e. The predicted molar refractivity (Wildman–Crippen MR) is 106 cm³/mol. The highest BCUT2D eigenvalue weighted by Gasteiger charge is 2.13. The molecule has 0 saturated carbocycles. The fraction of sp³-hybridized carbons (Fsp3) is 0.222. The maximum atomic E-state index is 10.9. The Bertz CT molecular complexity index is 1060. The molecule has 0 spiro atoms. The first-order valence-electron chi connectivity index (χ1n) is 8.35. The molecule has 0 aliphatic carbocycles. The molecule has 142 valence electrons. The monoisotopic (exact) mass is 396 g/mol. The van der Waals surface area contributed by atoms with E-state index in [1.54, 1.807) is 42.2 Å². The van der Waals surface area contributed by atoms with Gasteiger partial charge in [0.2, 0.25) is 5.13 Å². The van der Waals surface area contributed by atoms with Crippen molar-refractivity contribution in [2.24, 2.45) is 10.2 Å². The number of non-ortho nitro benzene ring substituents is 1. The molecule has 1 aromatic heterocycles. The molecule has 1 unspecified atom stereocenters. The second kappa shape index (κ2) is 8.51. The highest BCUT2D eigenvalue weighted by Crippen LogP contribution is 2.32. The lowest BCUT2D eigenvalue weighted by Gasteiger charge is -2.26. The highest BCUT2D eigenvalue weighted by molar-refractivity contribution is 7.21. The number of azo groups is 1. The second-order valence-corrected chi connectivity index (χ2v) is 6.85. The average Bonchev–Trinajstić information content (AvgIpc) is 3.12. The normalized spacial score (nSPS) is 12.2. The fourth-order valence-corrected chi connectivity index (χ4v) is 3.41. The zero-order chi connectivity index (χ0) is 20.1. The van der Waals surface area contributed by atoms with Gasteiger partial charge in [-0.2, -0.15) is 5.26 Å². The van der Waals surface area contributed by atoms with E-state index in [0.29, 0.717) is 27.6 Å². The summed E-state index contributed by atoms with van der Waals surface area (Å²) in [6, 6.07) is 13.4. The van der Waals surface area contributed by atoms with E-state index in [2.05, 4.69) is 21.3 Å². The van der Waals surface area contributed by atoms with Crippen LogP contribution in [0.4, 0.5) is 22.2 Å². The van der Waals surface area contributed by atoms with Gasteiger partial charge >= 0.3 is 0 Å². The van der Waals surface area contributed by atoms with Crippen LogP contribution < -0.4 is 4.90 Å². The molecule has 1 heterocycles. The van der Waals surface area contributed by atoms with Gasteiger partial charge in [-0.25, -0.2) is 4.98 Å². The Kier molecular flexibility index (Phi) is 5.88. The molecule has 1 atom stereocenters. The standard InChI is InChI=1S/C18H16N6O3S/c1-12(11-19)23(8-9-25)14-4-2-13(3-5-14)21-22-18-20-16-7-6-15(24(26)27)10-17(16)28-18/h2-7,10,12,25H,8-9H2,1H3/b22-21+. The number of hydrogen-bond donors (Lipinski definition) is 1. The number of nitriles is 1. The van der Waals surface area contributed by atoms with E-state index in [9.17, 15) is 15.2 Å². The molecule has 0 aliphatic rings. The SMILES string of the molecule is CC(C#N)N(CCO)c1ccc(/N=N/c2nc3ccc([N+](=O)[O-])cc3s2)cc1. The number of thiazole rings is 1. The van der Waals surface area contributed by atoms with Crippen molar-refractivity contribution in [1.29, 1.82) is 5.26 Å². The van der Waals surface area contributed by atoms with Crippen LogP contribution in [0.15, 0.2) is 52.7 Å². The molecule has 0 amide bonds. The van der Waals surface area contributed by atoms with Crippen molar-refractivity contribution in [2.75, 3.05) is 18.1 Å². The van der Waals surface area contributed by atoms with Crippen molar-refractivity contribution >= 4 is 43.7 Å². The number of rotatable bonds is 7. The van der Waals surface area contributed by atoms with Gasteiger partial charge in [-0.3, -0.25) is 10.1 Å². The molecule has 2 aromatic carbocycles. The third-order valence-corrected chi connectivity index (χ3v) is 4.90. The Hall–Kier alpha value is -3.42. The largest absolute Gasteiger partial charge is 0.395 e. The van der Waals surface area contributed by atoms with Crippen molar-refractivity contribution in [3.63, 3.8) is 0 Å². The molecule has 0 bridgehead atoms. The highest BCUT2D eigenvalue weighted by atomic mass is 32.1. The molecule has 10 heteroatoms. The molecule has 3 rings (SSSR count). The van der Waals surface area contributed by atoms with Crippen LogP contribution in [0, 0.1) is 21.4 Å². The summed E-state index contributed by atoms with van der Waals surface area (Å²) < 4.78 is 0.670. The van der Waals surface area contributed by atoms with Gasteiger partial charge in [0.1, 0.15) is 6.04 Å². The van der Waals surface area contributed by atoms with Crippen molar-refractivity contribution in [3.05, 3.63) is 52.6 Å². The van der Waals surface area contributed by atoms with E-state index >= 15 is 0 Å². The van der Waals surface area contributed by atoms with Crippen molar-refractivity contribution in [1.82, 2.24) is 4.98 Å². The second-order valence-electron chi connectivity index (χ2n) is 5.84. The molecule has 0 aliphatic heterocycles. The summed E-state index contributed by atoms with van der Waals surface area (Å²) in [6.07, 6.45) is 0. The van der Waals surface area contributed by atoms with Crippen LogP contribution in [0.5, 0.6) is 0 Å². The number of aliphatic hydroxyl groups is 1. The van der Waals surface area contributed by atoms with Gasteiger partial charge < -0.3 is 10.0 Å². The minimum absolute atomic E-state index is 0.00857. The van der Waals surface area contributed by atoms with Gasteiger partial charge in [0.05, 0.1) is 33.5 Å². The van der Waals surface area contributed by atoms with Crippen LogP contribution >= 0.6 is 11.3 Å². The number of nitro benzene ring substituents is 1. The Morgan fingerprint density at radius 3 is 2.71 bits per heavy atom. The number of aromatic nitrogens is 1. The molecule has 9 nitrogen and oxygen atoms in total. The summed E-state index contributed by atoms with van der Waals surface area (Å²) in [5, 5.41) is 37.8. The third kappa shape index (κ3) is 4.28. The van der Waals surface area contributed by atoms with Gasteiger partial charge in [0.25, 0.3) is 5.69 Å². The topological polar surface area (TPSA) is 128 Å². The van der Waals surface area contributed by atoms with Crippen molar-refractivity contribution in [3.8, 4) is 6.07 Å². The Balaban J connectivity index is 1.78. The Labute approximate surface area is 164 Å². The lowest BCUT2D eigenvalue weighted by Crippen LogP contribution is -2.34. The number of nitrogens with zero attached hydrogens (tertiary/aromatic N) is 6. The van der Waals surface area contributed by atoms with Gasteiger partial charge in [-0.05, 0) is 37.3 Å². The molecular formula is C18H16N6O3S. The molecule has 1 N–H and O–H groups in total. The molecule has 0 fully saturated rings. The average molecular weight is 396 g/mol. The first-order valence-corrected chi connectivity index (χ1v) is 9.17. The Morgan fingerprint density at radius 1 is 1.32 bits per heavy atom. The summed E-state index contributed by atoms with van der Waals surface area (Å²) in [6.45, 7) is 2.07. The number of aliphatic hydroxyl groups excluding tert-OH is 1. The number of benzene rings is 2. The zero-order valence-electron chi connectivity index (χ0n) is 14.9. The quantitative estimate of drug-likeness (QED) is 0.359. The number of nitro groups is 1. The van der Waals surface area contributed by atoms with E-state index in [-0.39, 0.29) is 18.3 Å². The summed E-state index contributed by atoms with van der Waals surface area (Å²) in [5.41, 5.74) is 2.04. The molecular weight excluding hydrogens is 380 g/mol. The number of hydrogen-bond acceptors (Lipinski definition) is 9. The third-order valence-electron chi connectivity index (χ3n) is 4.00. The van der Waals surface area contributed by atoms with Gasteiger partial charge in [-0.1, -0.05) is 11.3 Å². The minimum atomic E-state index is -0.449. The number of fused-ring (bicyclic) bond motifs is 1. The van der Waals surface area contributed by atoms with Crippen molar-refractivity contribution < 1.29 is 10.0 Å². The van der Waals surface area contributed by atoms with Gasteiger partial charge in [-0.15, -0.1) is 10.2 Å². The van der Waals surface area contributed by atoms with E-state index in [1.807, 2.05) is 0 Å². The summed E-state index contributed by atoms with van der Waals surface area (Å²) >= 11 is 1.22. The summed E-state index contributed by atoms with van der Waals surface area (Å²) in [5.74, 6) is 0. The lowest BCUT2D eigenvalue weighted by atomic mass is 10.2. The summed E-state index contributed by atoms with van der Waals surface area (Å²) in [7, 11) is 0. The van der Waals surface area contributed by atoms with Gasteiger partial charge in [0.15, 0.2) is 0 Å². The van der Waals surface area contributed by atoms with Crippen molar-refractivity contribution in [2.45, 2.75) is 13.0 Å². The van der Waals surface area contributed by atoms with Crippen LogP contribution in [0.3, 0.4) is 0 Å². The molecule has 3 aromatic rings. The van der Waals surface area contributed by atoms with Crippen LogP contribution in [0.2, 0.25) is 0 Å². The van der Waals surface area contributed by atoms with Crippen LogP contribution in [-0.4, -0.2) is 34.2 Å². The first kappa shape index (κ1) is 19.3. The van der Waals surface area contributed by atoms with Gasteiger partial charge in [0, 0.05) is 24.4 Å².